The summed E-state index contributed by atoms with van der Waals surface area (Å²) in [5.74, 6) is 0.790. The topological polar surface area (TPSA) is 37.0 Å². The van der Waals surface area contributed by atoms with Crippen molar-refractivity contribution in [2.45, 2.75) is 39.3 Å². The van der Waals surface area contributed by atoms with Crippen molar-refractivity contribution in [2.75, 3.05) is 13.1 Å². The highest BCUT2D eigenvalue weighted by Crippen LogP contribution is 2.19. The average molecular weight is 239 g/mol. The van der Waals surface area contributed by atoms with Crippen molar-refractivity contribution in [3.63, 3.8) is 0 Å². The van der Waals surface area contributed by atoms with E-state index in [-0.39, 0.29) is 0 Å². The maximum atomic E-state index is 4.51. The SMILES string of the molecule is Cc1csc(C(C)NCC2NCCC2C)n1. The van der Waals surface area contributed by atoms with E-state index < -0.39 is 0 Å². The number of nitrogens with one attached hydrogen (secondary N) is 2. The summed E-state index contributed by atoms with van der Waals surface area (Å²) in [5, 5.41) is 10.4. The quantitative estimate of drug-likeness (QED) is 0.845. The summed E-state index contributed by atoms with van der Waals surface area (Å²) in [6.45, 7) is 8.77. The zero-order valence-electron chi connectivity index (χ0n) is 10.3. The third-order valence-electron chi connectivity index (χ3n) is 3.34. The van der Waals surface area contributed by atoms with Crippen LogP contribution in [0.3, 0.4) is 0 Å². The van der Waals surface area contributed by atoms with Crippen molar-refractivity contribution < 1.29 is 0 Å². The van der Waals surface area contributed by atoms with Gasteiger partial charge in [-0.15, -0.1) is 11.3 Å². The zero-order valence-corrected chi connectivity index (χ0v) is 11.1. The van der Waals surface area contributed by atoms with E-state index in [9.17, 15) is 0 Å². The first kappa shape index (κ1) is 12.0. The Morgan fingerprint density at radius 3 is 3.06 bits per heavy atom. The van der Waals surface area contributed by atoms with Gasteiger partial charge in [0.15, 0.2) is 0 Å². The number of thiazole rings is 1. The van der Waals surface area contributed by atoms with Gasteiger partial charge in [-0.1, -0.05) is 6.92 Å². The van der Waals surface area contributed by atoms with E-state index in [4.69, 9.17) is 0 Å². The smallest absolute Gasteiger partial charge is 0.110 e. The predicted octanol–water partition coefficient (Wildman–Crippen LogP) is 2.10. The number of nitrogens with zero attached hydrogens (tertiary/aromatic N) is 1. The van der Waals surface area contributed by atoms with Crippen LogP contribution in [0.4, 0.5) is 0 Å². The number of hydrogen-bond donors (Lipinski definition) is 2. The van der Waals surface area contributed by atoms with E-state index in [1.165, 1.54) is 11.4 Å². The Kier molecular flexibility index (Phi) is 3.95. The van der Waals surface area contributed by atoms with Crippen LogP contribution in [0.1, 0.15) is 37.0 Å². The molecule has 0 radical (unpaired) electrons. The van der Waals surface area contributed by atoms with Crippen LogP contribution in [0.2, 0.25) is 0 Å². The molecule has 0 bridgehead atoms. The summed E-state index contributed by atoms with van der Waals surface area (Å²) >= 11 is 1.75. The Hall–Kier alpha value is -0.450. The van der Waals surface area contributed by atoms with Crippen LogP contribution in [0.25, 0.3) is 0 Å². The molecule has 2 rings (SSSR count). The number of hydrogen-bond acceptors (Lipinski definition) is 4. The highest BCUT2D eigenvalue weighted by Gasteiger charge is 2.23. The van der Waals surface area contributed by atoms with E-state index in [0.717, 1.165) is 24.7 Å². The molecule has 1 aromatic rings. The fourth-order valence-electron chi connectivity index (χ4n) is 2.13. The van der Waals surface area contributed by atoms with Crippen molar-refractivity contribution in [1.29, 1.82) is 0 Å². The van der Waals surface area contributed by atoms with Crippen LogP contribution < -0.4 is 10.6 Å². The summed E-state index contributed by atoms with van der Waals surface area (Å²) in [5.41, 5.74) is 1.13. The fraction of sp³-hybridized carbons (Fsp3) is 0.750. The van der Waals surface area contributed by atoms with Crippen molar-refractivity contribution in [2.24, 2.45) is 5.92 Å². The Balaban J connectivity index is 1.81. The molecule has 3 atom stereocenters. The molecule has 3 nitrogen and oxygen atoms in total. The maximum absolute atomic E-state index is 4.51. The molecular formula is C12H21N3S. The Morgan fingerprint density at radius 2 is 2.50 bits per heavy atom. The zero-order chi connectivity index (χ0) is 11.5. The second-order valence-electron chi connectivity index (χ2n) is 4.78. The van der Waals surface area contributed by atoms with Gasteiger partial charge < -0.3 is 10.6 Å². The van der Waals surface area contributed by atoms with Crippen molar-refractivity contribution in [3.05, 3.63) is 16.1 Å². The van der Waals surface area contributed by atoms with Gasteiger partial charge in [-0.2, -0.15) is 0 Å². The van der Waals surface area contributed by atoms with E-state index in [2.05, 4.69) is 34.8 Å². The molecule has 0 amide bonds. The molecular weight excluding hydrogens is 218 g/mol. The molecule has 1 aliphatic rings. The maximum Gasteiger partial charge on any atom is 0.110 e. The van der Waals surface area contributed by atoms with Gasteiger partial charge in [0.25, 0.3) is 0 Å². The van der Waals surface area contributed by atoms with Gasteiger partial charge in [-0.3, -0.25) is 0 Å². The summed E-state index contributed by atoms with van der Waals surface area (Å²) in [6.07, 6.45) is 1.30. The van der Waals surface area contributed by atoms with Crippen LogP contribution in [0, 0.1) is 12.8 Å². The van der Waals surface area contributed by atoms with Gasteiger partial charge in [0, 0.05) is 23.7 Å². The monoisotopic (exact) mass is 239 g/mol. The molecule has 3 unspecified atom stereocenters. The van der Waals surface area contributed by atoms with E-state index in [1.54, 1.807) is 11.3 Å². The lowest BCUT2D eigenvalue weighted by atomic mass is 10.0. The normalized spacial score (nSPS) is 27.2. The van der Waals surface area contributed by atoms with Crippen molar-refractivity contribution in [1.82, 2.24) is 15.6 Å². The third-order valence-corrected chi connectivity index (χ3v) is 4.49. The average Bonchev–Trinajstić information content (AvgIpc) is 2.84. The minimum atomic E-state index is 0.369. The van der Waals surface area contributed by atoms with E-state index in [0.29, 0.717) is 12.1 Å². The molecule has 16 heavy (non-hydrogen) atoms. The number of rotatable bonds is 4. The van der Waals surface area contributed by atoms with Gasteiger partial charge >= 0.3 is 0 Å². The van der Waals surface area contributed by atoms with Gasteiger partial charge in [-0.25, -0.2) is 4.98 Å². The largest absolute Gasteiger partial charge is 0.312 e. The van der Waals surface area contributed by atoms with Gasteiger partial charge in [-0.05, 0) is 32.7 Å². The molecule has 2 heterocycles. The molecule has 0 aromatic carbocycles. The van der Waals surface area contributed by atoms with Gasteiger partial charge in [0.05, 0.1) is 6.04 Å². The van der Waals surface area contributed by atoms with E-state index >= 15 is 0 Å². The van der Waals surface area contributed by atoms with Crippen LogP contribution in [-0.4, -0.2) is 24.1 Å². The summed E-state index contributed by atoms with van der Waals surface area (Å²) in [4.78, 5) is 4.51. The standard InChI is InChI=1S/C12H21N3S/c1-8-4-5-13-11(8)6-14-10(3)12-15-9(2)7-16-12/h7-8,10-11,13-14H,4-6H2,1-3H3. The molecule has 1 fully saturated rings. The van der Waals surface area contributed by atoms with E-state index in [1.807, 2.05) is 6.92 Å². The molecule has 0 spiro atoms. The molecule has 0 aliphatic carbocycles. The van der Waals surface area contributed by atoms with Crippen LogP contribution >= 0.6 is 11.3 Å². The summed E-state index contributed by atoms with van der Waals surface area (Å²) in [6, 6.07) is 0.997. The first-order valence-electron chi connectivity index (χ1n) is 6.05. The first-order chi connectivity index (χ1) is 7.66. The second-order valence-corrected chi connectivity index (χ2v) is 5.67. The number of aryl methyl sites for hydroxylation is 1. The van der Waals surface area contributed by atoms with Crippen molar-refractivity contribution >= 4 is 11.3 Å². The summed E-state index contributed by atoms with van der Waals surface area (Å²) in [7, 11) is 0. The summed E-state index contributed by atoms with van der Waals surface area (Å²) < 4.78 is 0. The van der Waals surface area contributed by atoms with Gasteiger partial charge in [0.2, 0.25) is 0 Å². The second kappa shape index (κ2) is 5.25. The van der Waals surface area contributed by atoms with Crippen LogP contribution in [0.5, 0.6) is 0 Å². The third kappa shape index (κ3) is 2.81. The predicted molar refractivity (Wildman–Crippen MR) is 68.8 cm³/mol. The van der Waals surface area contributed by atoms with Crippen LogP contribution in [-0.2, 0) is 0 Å². The Bertz CT molecular complexity index is 337. The fourth-order valence-corrected chi connectivity index (χ4v) is 2.96. The minimum absolute atomic E-state index is 0.369. The highest BCUT2D eigenvalue weighted by atomic mass is 32.1. The molecule has 2 N–H and O–H groups in total. The highest BCUT2D eigenvalue weighted by molar-refractivity contribution is 7.09. The minimum Gasteiger partial charge on any atom is -0.312 e. The lowest BCUT2D eigenvalue weighted by Gasteiger charge is -2.19. The molecule has 90 valence electrons. The number of aromatic nitrogens is 1. The molecule has 0 saturated carbocycles. The lowest BCUT2D eigenvalue weighted by molar-refractivity contribution is 0.425. The van der Waals surface area contributed by atoms with Crippen LogP contribution in [0.15, 0.2) is 5.38 Å². The first-order valence-corrected chi connectivity index (χ1v) is 6.93. The molecule has 4 heteroatoms. The molecule has 1 saturated heterocycles. The van der Waals surface area contributed by atoms with Crippen molar-refractivity contribution in [3.8, 4) is 0 Å². The van der Waals surface area contributed by atoms with Gasteiger partial charge in [0.1, 0.15) is 5.01 Å². The molecule has 1 aliphatic heterocycles. The Morgan fingerprint density at radius 1 is 1.69 bits per heavy atom. The lowest BCUT2D eigenvalue weighted by Crippen LogP contribution is -2.38. The molecule has 1 aromatic heterocycles. The Labute approximate surface area is 102 Å².